The number of aromatic amines is 1. The third-order valence-electron chi connectivity index (χ3n) is 3.81. The molecule has 2 heteroatoms. The van der Waals surface area contributed by atoms with E-state index in [9.17, 15) is 0 Å². The predicted molar refractivity (Wildman–Crippen MR) is 71.2 cm³/mol. The molecule has 1 aliphatic carbocycles. The van der Waals surface area contributed by atoms with Gasteiger partial charge in [-0.05, 0) is 12.5 Å². The molecule has 17 heavy (non-hydrogen) atoms. The third-order valence-corrected chi connectivity index (χ3v) is 3.81. The van der Waals surface area contributed by atoms with Crippen LogP contribution in [0.2, 0.25) is 0 Å². The topological polar surface area (TPSA) is 27.8 Å². The number of para-hydroxylation sites is 1. The molecule has 2 unspecified atom stereocenters. The number of aromatic nitrogens is 1. The zero-order valence-corrected chi connectivity index (χ0v) is 9.48. The molecule has 0 amide bonds. The summed E-state index contributed by atoms with van der Waals surface area (Å²) in [6, 6.07) is 8.98. The second-order valence-electron chi connectivity index (χ2n) is 4.83. The molecule has 2 N–H and O–H groups in total. The fraction of sp³-hybridized carbons (Fsp3) is 0.200. The van der Waals surface area contributed by atoms with Gasteiger partial charge in [-0.25, -0.2) is 0 Å². The molecule has 2 aromatic rings. The second-order valence-corrected chi connectivity index (χ2v) is 4.83. The maximum absolute atomic E-state index is 3.59. The van der Waals surface area contributed by atoms with Gasteiger partial charge in [-0.15, -0.1) is 0 Å². The van der Waals surface area contributed by atoms with Crippen LogP contribution >= 0.6 is 0 Å². The summed E-state index contributed by atoms with van der Waals surface area (Å²) in [6.45, 7) is 0. The van der Waals surface area contributed by atoms with E-state index in [1.807, 2.05) is 0 Å². The first-order valence-corrected chi connectivity index (χ1v) is 6.13. The highest BCUT2D eigenvalue weighted by Gasteiger charge is 2.27. The van der Waals surface area contributed by atoms with Crippen molar-refractivity contribution in [3.05, 3.63) is 54.1 Å². The smallest absolute Gasteiger partial charge is 0.108 e. The number of fused-ring (bicyclic) bond motifs is 4. The third kappa shape index (κ3) is 1.27. The van der Waals surface area contributed by atoms with E-state index in [1.54, 1.807) is 0 Å². The summed E-state index contributed by atoms with van der Waals surface area (Å²) < 4.78 is 0. The number of nitrogens with one attached hydrogen (secondary N) is 2. The minimum absolute atomic E-state index is 0.445. The van der Waals surface area contributed by atoms with Crippen molar-refractivity contribution in [1.29, 1.82) is 0 Å². The summed E-state index contributed by atoms with van der Waals surface area (Å²) in [4.78, 5) is 3.48. The number of hydrogen-bond donors (Lipinski definition) is 2. The minimum atomic E-state index is 0.445. The Hall–Kier alpha value is -1.96. The average Bonchev–Trinajstić information content (AvgIpc) is 2.73. The number of allylic oxidation sites excluding steroid dienone is 2. The van der Waals surface area contributed by atoms with Crippen molar-refractivity contribution >= 4 is 16.7 Å². The summed E-state index contributed by atoms with van der Waals surface area (Å²) in [7, 11) is 0. The Kier molecular flexibility index (Phi) is 1.75. The number of benzene rings is 1. The average molecular weight is 222 g/mol. The number of H-pyrrole nitrogens is 1. The number of hydrogen-bond acceptors (Lipinski definition) is 1. The van der Waals surface area contributed by atoms with Gasteiger partial charge in [0.15, 0.2) is 0 Å². The Morgan fingerprint density at radius 3 is 2.94 bits per heavy atom. The standard InChI is InChI=1S/C15H14N2/c1-3-7-13-10(5-1)9-12-11-6-2-4-8-14(11)17-15(12)16-13/h1-8,10,13,16-17H,9H2. The maximum atomic E-state index is 3.59. The van der Waals surface area contributed by atoms with Crippen molar-refractivity contribution in [2.24, 2.45) is 5.92 Å². The van der Waals surface area contributed by atoms with E-state index in [1.165, 1.54) is 22.3 Å². The summed E-state index contributed by atoms with van der Waals surface area (Å²) in [6.07, 6.45) is 9.96. The molecule has 1 aromatic heterocycles. The molecule has 0 spiro atoms. The van der Waals surface area contributed by atoms with E-state index in [-0.39, 0.29) is 0 Å². The highest BCUT2D eigenvalue weighted by Crippen LogP contribution is 2.35. The van der Waals surface area contributed by atoms with Gasteiger partial charge in [-0.2, -0.15) is 0 Å². The monoisotopic (exact) mass is 222 g/mol. The molecule has 0 bridgehead atoms. The molecule has 2 heterocycles. The molecule has 2 aliphatic rings. The van der Waals surface area contributed by atoms with E-state index in [0.717, 1.165) is 6.42 Å². The van der Waals surface area contributed by atoms with Crippen LogP contribution in [0.15, 0.2) is 48.6 Å². The van der Waals surface area contributed by atoms with Gasteiger partial charge in [-0.1, -0.05) is 42.5 Å². The molecule has 0 fully saturated rings. The van der Waals surface area contributed by atoms with Crippen LogP contribution in [-0.2, 0) is 6.42 Å². The van der Waals surface area contributed by atoms with Gasteiger partial charge in [0.2, 0.25) is 0 Å². The molecule has 1 aromatic carbocycles. The van der Waals surface area contributed by atoms with Crippen LogP contribution in [0.3, 0.4) is 0 Å². The Bertz CT molecular complexity index is 633. The first-order valence-electron chi connectivity index (χ1n) is 6.13. The molecule has 1 aliphatic heterocycles. The molecule has 0 saturated carbocycles. The molecule has 0 saturated heterocycles. The Labute approximate surface area is 100 Å². The summed E-state index contributed by atoms with van der Waals surface area (Å²) in [5.74, 6) is 1.79. The maximum Gasteiger partial charge on any atom is 0.108 e. The van der Waals surface area contributed by atoms with Crippen molar-refractivity contribution in [2.75, 3.05) is 5.32 Å². The van der Waals surface area contributed by atoms with Crippen molar-refractivity contribution < 1.29 is 0 Å². The van der Waals surface area contributed by atoms with Gasteiger partial charge in [0.05, 0.1) is 6.04 Å². The molecular formula is C15H14N2. The summed E-state index contributed by atoms with van der Waals surface area (Å²) in [5, 5.41) is 4.95. The zero-order chi connectivity index (χ0) is 11.2. The second kappa shape index (κ2) is 3.27. The van der Waals surface area contributed by atoms with E-state index in [4.69, 9.17) is 0 Å². The van der Waals surface area contributed by atoms with Crippen LogP contribution in [-0.4, -0.2) is 11.0 Å². The lowest BCUT2D eigenvalue weighted by Crippen LogP contribution is -2.33. The van der Waals surface area contributed by atoms with Crippen molar-refractivity contribution in [2.45, 2.75) is 12.5 Å². The van der Waals surface area contributed by atoms with E-state index in [2.05, 4.69) is 58.9 Å². The van der Waals surface area contributed by atoms with Gasteiger partial charge in [0.1, 0.15) is 5.82 Å². The summed E-state index contributed by atoms with van der Waals surface area (Å²) >= 11 is 0. The van der Waals surface area contributed by atoms with Gasteiger partial charge >= 0.3 is 0 Å². The lowest BCUT2D eigenvalue weighted by molar-refractivity contribution is 0.577. The van der Waals surface area contributed by atoms with Crippen LogP contribution in [0.4, 0.5) is 5.82 Å². The molecule has 4 rings (SSSR count). The molecule has 0 radical (unpaired) electrons. The van der Waals surface area contributed by atoms with Gasteiger partial charge < -0.3 is 10.3 Å². The minimum Gasteiger partial charge on any atom is -0.365 e. The van der Waals surface area contributed by atoms with E-state index >= 15 is 0 Å². The molecule has 2 atom stereocenters. The quantitative estimate of drug-likeness (QED) is 0.703. The first kappa shape index (κ1) is 9.11. The van der Waals surface area contributed by atoms with Gasteiger partial charge in [0, 0.05) is 22.4 Å². The normalized spacial score (nSPS) is 25.4. The van der Waals surface area contributed by atoms with Crippen LogP contribution in [0.5, 0.6) is 0 Å². The number of anilines is 1. The van der Waals surface area contributed by atoms with Crippen LogP contribution in [0.1, 0.15) is 5.56 Å². The zero-order valence-electron chi connectivity index (χ0n) is 9.48. The summed E-state index contributed by atoms with van der Waals surface area (Å²) in [5.41, 5.74) is 2.67. The molecular weight excluding hydrogens is 208 g/mol. The largest absolute Gasteiger partial charge is 0.365 e. The fourth-order valence-corrected chi connectivity index (χ4v) is 2.94. The molecule has 2 nitrogen and oxygen atoms in total. The van der Waals surface area contributed by atoms with Crippen LogP contribution < -0.4 is 5.32 Å². The molecule has 84 valence electrons. The van der Waals surface area contributed by atoms with Crippen molar-refractivity contribution in [3.63, 3.8) is 0 Å². The van der Waals surface area contributed by atoms with Crippen LogP contribution in [0.25, 0.3) is 10.9 Å². The number of rotatable bonds is 0. The van der Waals surface area contributed by atoms with Gasteiger partial charge in [-0.3, -0.25) is 0 Å². The highest BCUT2D eigenvalue weighted by molar-refractivity contribution is 5.89. The Balaban J connectivity index is 1.89. The van der Waals surface area contributed by atoms with Crippen molar-refractivity contribution in [3.8, 4) is 0 Å². The first-order chi connectivity index (χ1) is 8.42. The highest BCUT2D eigenvalue weighted by atomic mass is 15.0. The lowest BCUT2D eigenvalue weighted by atomic mass is 9.85. The SMILES string of the molecule is C1=CC2Cc3c([nH]c4ccccc34)NC2C=C1. The lowest BCUT2D eigenvalue weighted by Gasteiger charge is -2.30. The van der Waals surface area contributed by atoms with Crippen molar-refractivity contribution in [1.82, 2.24) is 4.98 Å². The van der Waals surface area contributed by atoms with E-state index < -0.39 is 0 Å². The van der Waals surface area contributed by atoms with Crippen LogP contribution in [0, 0.1) is 5.92 Å². The Morgan fingerprint density at radius 2 is 1.94 bits per heavy atom. The Morgan fingerprint density at radius 1 is 1.06 bits per heavy atom. The fourth-order valence-electron chi connectivity index (χ4n) is 2.94. The van der Waals surface area contributed by atoms with E-state index in [0.29, 0.717) is 12.0 Å². The van der Waals surface area contributed by atoms with Gasteiger partial charge in [0.25, 0.3) is 0 Å². The predicted octanol–water partition coefficient (Wildman–Crippen LogP) is 3.25.